The van der Waals surface area contributed by atoms with Crippen LogP contribution in [0.25, 0.3) is 0 Å². The molecule has 0 atom stereocenters. The van der Waals surface area contributed by atoms with Crippen LogP contribution in [-0.4, -0.2) is 73.7 Å². The van der Waals surface area contributed by atoms with Crippen LogP contribution >= 0.6 is 0 Å². The van der Waals surface area contributed by atoms with E-state index in [1.807, 2.05) is 83.2 Å². The fraction of sp³-hybridized carbons (Fsp3) is 0.370. The second-order valence-electron chi connectivity index (χ2n) is 8.68. The number of amides is 1. The van der Waals surface area contributed by atoms with Crippen molar-refractivity contribution in [3.63, 3.8) is 0 Å². The number of benzene rings is 2. The first-order chi connectivity index (χ1) is 17.0. The zero-order chi connectivity index (χ0) is 27.1. The predicted octanol–water partition coefficient (Wildman–Crippen LogP) is 4.95. The number of hydrogen-bond donors (Lipinski definition) is 2. The topological polar surface area (TPSA) is 90.6 Å². The van der Waals surface area contributed by atoms with E-state index in [-0.39, 0.29) is 11.9 Å². The molecule has 1 aromatic heterocycles. The molecular weight excluding hydrogens is 461 g/mol. The molecule has 2 aromatic carbocycles. The number of nitrogens with one attached hydrogen (secondary N) is 2. The number of hydrogen-bond acceptors (Lipinski definition) is 6. The molecule has 1 amide bonds. The molecule has 0 aliphatic carbocycles. The Morgan fingerprint density at radius 2 is 1.61 bits per heavy atom. The van der Waals surface area contributed by atoms with Crippen molar-refractivity contribution in [1.82, 2.24) is 20.0 Å². The van der Waals surface area contributed by atoms with Gasteiger partial charge in [-0.1, -0.05) is 36.4 Å². The summed E-state index contributed by atoms with van der Waals surface area (Å²) in [5.41, 5.74) is 1.84. The fourth-order valence-corrected chi connectivity index (χ4v) is 2.97. The Labute approximate surface area is 213 Å². The molecule has 0 fully saturated rings. The van der Waals surface area contributed by atoms with Crippen LogP contribution in [0.3, 0.4) is 0 Å². The van der Waals surface area contributed by atoms with E-state index >= 15 is 0 Å². The number of anilines is 1. The minimum atomic E-state index is -0.540. The number of carbonyl (C=O) groups excluding carboxylic acids is 2. The first-order valence-corrected chi connectivity index (χ1v) is 11.5. The van der Waals surface area contributed by atoms with Crippen molar-refractivity contribution in [3.8, 4) is 0 Å². The molecule has 1 heterocycles. The zero-order valence-corrected chi connectivity index (χ0v) is 22.2. The van der Waals surface area contributed by atoms with Crippen molar-refractivity contribution in [2.75, 3.05) is 46.7 Å². The standard InChI is InChI=1S/C14H27N5O2.C7H5FO.C6H6/c1-10-11(16-17-12(10)15-4)14(2,3)19(7)13(20)21-9-8-18(5)6;8-7-3-1-6(5-9)2-4-7;1-2-4-6-5-3-1/h8-9H2,1-7H3,(H2,15,16,17);1-5H;1-6H. The first-order valence-electron chi connectivity index (χ1n) is 11.5. The molecule has 0 aliphatic rings. The Balaban J connectivity index is 0.000000348. The van der Waals surface area contributed by atoms with Gasteiger partial charge in [0, 0.05) is 31.8 Å². The summed E-state index contributed by atoms with van der Waals surface area (Å²) in [7, 11) is 7.43. The lowest BCUT2D eigenvalue weighted by Gasteiger charge is -2.34. The van der Waals surface area contributed by atoms with Crippen LogP contribution < -0.4 is 5.32 Å². The third-order valence-corrected chi connectivity index (χ3v) is 5.41. The zero-order valence-electron chi connectivity index (χ0n) is 22.2. The molecular formula is C27H38FN5O3. The minimum Gasteiger partial charge on any atom is -0.448 e. The average Bonchev–Trinajstić information content (AvgIpc) is 3.26. The maximum Gasteiger partial charge on any atom is 0.410 e. The maximum absolute atomic E-state index is 12.2. The molecule has 0 radical (unpaired) electrons. The smallest absolute Gasteiger partial charge is 0.410 e. The lowest BCUT2D eigenvalue weighted by atomic mass is 9.96. The van der Waals surface area contributed by atoms with E-state index in [0.717, 1.165) is 17.1 Å². The number of carbonyl (C=O) groups is 2. The predicted molar refractivity (Wildman–Crippen MR) is 142 cm³/mol. The Bertz CT molecular complexity index is 1010. The van der Waals surface area contributed by atoms with Crippen LogP contribution in [0.5, 0.6) is 0 Å². The number of rotatable bonds is 7. The quantitative estimate of drug-likeness (QED) is 0.447. The molecule has 8 nitrogen and oxygen atoms in total. The molecule has 0 spiro atoms. The normalized spacial score (nSPS) is 10.4. The van der Waals surface area contributed by atoms with E-state index in [1.165, 1.54) is 24.3 Å². The summed E-state index contributed by atoms with van der Waals surface area (Å²) in [6, 6.07) is 17.4. The summed E-state index contributed by atoms with van der Waals surface area (Å²) < 4.78 is 17.4. The van der Waals surface area contributed by atoms with Gasteiger partial charge < -0.3 is 19.9 Å². The van der Waals surface area contributed by atoms with Crippen molar-refractivity contribution in [2.24, 2.45) is 0 Å². The average molecular weight is 500 g/mol. The molecule has 0 saturated heterocycles. The Morgan fingerprint density at radius 3 is 2.03 bits per heavy atom. The molecule has 2 N–H and O–H groups in total. The summed E-state index contributed by atoms with van der Waals surface area (Å²) in [5.74, 6) is 0.466. The van der Waals surface area contributed by atoms with Gasteiger partial charge in [0.1, 0.15) is 18.7 Å². The van der Waals surface area contributed by atoms with Crippen molar-refractivity contribution < 1.29 is 18.7 Å². The molecule has 196 valence electrons. The third-order valence-electron chi connectivity index (χ3n) is 5.41. The van der Waals surface area contributed by atoms with Crippen molar-refractivity contribution >= 4 is 18.2 Å². The highest BCUT2D eigenvalue weighted by Gasteiger charge is 2.34. The number of ether oxygens (including phenoxy) is 1. The highest BCUT2D eigenvalue weighted by molar-refractivity contribution is 5.74. The Hall–Kier alpha value is -3.72. The second kappa shape index (κ2) is 15.3. The van der Waals surface area contributed by atoms with E-state index in [1.54, 1.807) is 11.9 Å². The number of aromatic nitrogens is 2. The van der Waals surface area contributed by atoms with Crippen molar-refractivity contribution in [3.05, 3.63) is 83.3 Å². The van der Waals surface area contributed by atoms with Gasteiger partial charge in [0.2, 0.25) is 0 Å². The van der Waals surface area contributed by atoms with Gasteiger partial charge in [0.15, 0.2) is 5.82 Å². The van der Waals surface area contributed by atoms with E-state index in [9.17, 15) is 14.0 Å². The Morgan fingerprint density at radius 1 is 1.08 bits per heavy atom. The number of likely N-dealkylation sites (N-methyl/N-ethyl adjacent to an activating group) is 1. The van der Waals surface area contributed by atoms with Crippen molar-refractivity contribution in [1.29, 1.82) is 0 Å². The van der Waals surface area contributed by atoms with Crippen LogP contribution in [0.1, 0.15) is 35.5 Å². The highest BCUT2D eigenvalue weighted by atomic mass is 19.1. The van der Waals surface area contributed by atoms with Crippen molar-refractivity contribution in [2.45, 2.75) is 26.3 Å². The lowest BCUT2D eigenvalue weighted by molar-refractivity contribution is 0.0691. The van der Waals surface area contributed by atoms with Gasteiger partial charge in [-0.25, -0.2) is 9.18 Å². The molecule has 0 unspecified atom stereocenters. The maximum atomic E-state index is 12.2. The molecule has 9 heteroatoms. The first kappa shape index (κ1) is 30.3. The second-order valence-corrected chi connectivity index (χ2v) is 8.68. The van der Waals surface area contributed by atoms with Gasteiger partial charge in [-0.15, -0.1) is 0 Å². The number of nitrogens with zero attached hydrogens (tertiary/aromatic N) is 3. The van der Waals surface area contributed by atoms with Gasteiger partial charge in [0.05, 0.1) is 11.2 Å². The van der Waals surface area contributed by atoms with Gasteiger partial charge in [-0.2, -0.15) is 5.10 Å². The lowest BCUT2D eigenvalue weighted by Crippen LogP contribution is -2.44. The highest BCUT2D eigenvalue weighted by Crippen LogP contribution is 2.30. The number of aldehydes is 1. The van der Waals surface area contributed by atoms with Gasteiger partial charge in [-0.05, 0) is 59.1 Å². The Kier molecular flexibility index (Phi) is 12.9. The molecule has 0 aliphatic heterocycles. The van der Waals surface area contributed by atoms with E-state index in [4.69, 9.17) is 4.74 Å². The SMILES string of the molecule is CNc1n[nH]c(C(C)(C)N(C)C(=O)OCCN(C)C)c1C.O=Cc1ccc(F)cc1.c1ccccc1. The molecule has 3 rings (SSSR count). The van der Waals surface area contributed by atoms with Gasteiger partial charge >= 0.3 is 6.09 Å². The van der Waals surface area contributed by atoms with Crippen LogP contribution in [0.4, 0.5) is 15.0 Å². The third kappa shape index (κ3) is 9.87. The largest absolute Gasteiger partial charge is 0.448 e. The summed E-state index contributed by atoms with van der Waals surface area (Å²) in [5, 5.41) is 10.2. The summed E-state index contributed by atoms with van der Waals surface area (Å²) in [6.45, 7) is 6.96. The van der Waals surface area contributed by atoms with Gasteiger partial charge in [-0.3, -0.25) is 9.89 Å². The molecule has 3 aromatic rings. The number of H-pyrrole nitrogens is 1. The number of aromatic amines is 1. The van der Waals surface area contributed by atoms with Gasteiger partial charge in [0.25, 0.3) is 0 Å². The van der Waals surface area contributed by atoms with Crippen LogP contribution in [0.2, 0.25) is 0 Å². The molecule has 0 bridgehead atoms. The van der Waals surface area contributed by atoms with Crippen LogP contribution in [0.15, 0.2) is 60.7 Å². The minimum absolute atomic E-state index is 0.319. The van der Waals surface area contributed by atoms with Crippen LogP contribution in [0, 0.1) is 12.7 Å². The number of halogens is 1. The summed E-state index contributed by atoms with van der Waals surface area (Å²) in [6.07, 6.45) is 0.334. The van der Waals surface area contributed by atoms with E-state index in [2.05, 4.69) is 15.5 Å². The monoisotopic (exact) mass is 499 g/mol. The van der Waals surface area contributed by atoms with E-state index < -0.39 is 5.54 Å². The summed E-state index contributed by atoms with van der Waals surface area (Å²) in [4.78, 5) is 25.7. The molecule has 0 saturated carbocycles. The fourth-order valence-electron chi connectivity index (χ4n) is 2.97. The van der Waals surface area contributed by atoms with Crippen LogP contribution in [-0.2, 0) is 10.3 Å². The molecule has 36 heavy (non-hydrogen) atoms. The van der Waals surface area contributed by atoms with E-state index in [0.29, 0.717) is 25.0 Å². The summed E-state index contributed by atoms with van der Waals surface area (Å²) >= 11 is 0.